The average Bonchev–Trinajstić information content (AvgIpc) is 2.57. The van der Waals surface area contributed by atoms with Crippen molar-refractivity contribution in [1.29, 1.82) is 0 Å². The molecule has 1 aromatic rings. The number of aryl methyl sites for hydroxylation is 1. The van der Waals surface area contributed by atoms with Crippen LogP contribution >= 0.6 is 0 Å². The monoisotopic (exact) mass is 235 g/mol. The SMILES string of the molecule is Cc1nn(C2CCCOCC2)c2c1CNCC2. The number of fused-ring (bicyclic) bond motifs is 1. The van der Waals surface area contributed by atoms with Crippen molar-refractivity contribution in [3.05, 3.63) is 17.0 Å². The zero-order chi connectivity index (χ0) is 11.7. The van der Waals surface area contributed by atoms with Crippen LogP contribution in [0.2, 0.25) is 0 Å². The lowest BCUT2D eigenvalue weighted by atomic mass is 10.1. The number of nitrogens with zero attached hydrogens (tertiary/aromatic N) is 2. The van der Waals surface area contributed by atoms with E-state index in [9.17, 15) is 0 Å². The van der Waals surface area contributed by atoms with E-state index < -0.39 is 0 Å². The van der Waals surface area contributed by atoms with Crippen molar-refractivity contribution in [2.75, 3.05) is 19.8 Å². The minimum absolute atomic E-state index is 0.554. The second-order valence-electron chi connectivity index (χ2n) is 5.08. The number of hydrogen-bond acceptors (Lipinski definition) is 3. The molecule has 1 aromatic heterocycles. The largest absolute Gasteiger partial charge is 0.381 e. The molecule has 1 saturated heterocycles. The van der Waals surface area contributed by atoms with Gasteiger partial charge in [0.1, 0.15) is 0 Å². The highest BCUT2D eigenvalue weighted by molar-refractivity contribution is 5.28. The zero-order valence-electron chi connectivity index (χ0n) is 10.5. The second kappa shape index (κ2) is 4.78. The smallest absolute Gasteiger partial charge is 0.0641 e. The molecule has 1 N–H and O–H groups in total. The van der Waals surface area contributed by atoms with Gasteiger partial charge in [0.15, 0.2) is 0 Å². The first-order valence-electron chi connectivity index (χ1n) is 6.71. The first-order chi connectivity index (χ1) is 8.36. The molecule has 2 aliphatic rings. The Bertz CT molecular complexity index is 392. The molecule has 0 aliphatic carbocycles. The van der Waals surface area contributed by atoms with Crippen LogP contribution in [0, 0.1) is 6.92 Å². The lowest BCUT2D eigenvalue weighted by molar-refractivity contribution is 0.141. The van der Waals surface area contributed by atoms with Crippen molar-refractivity contribution >= 4 is 0 Å². The highest BCUT2D eigenvalue weighted by Gasteiger charge is 2.23. The van der Waals surface area contributed by atoms with Gasteiger partial charge in [0.05, 0.1) is 11.7 Å². The van der Waals surface area contributed by atoms with Crippen molar-refractivity contribution in [2.45, 2.75) is 45.2 Å². The molecule has 2 aliphatic heterocycles. The Morgan fingerprint density at radius 3 is 3.24 bits per heavy atom. The van der Waals surface area contributed by atoms with Gasteiger partial charge in [-0.05, 0) is 26.2 Å². The summed E-state index contributed by atoms with van der Waals surface area (Å²) >= 11 is 0. The fraction of sp³-hybridized carbons (Fsp3) is 0.769. The Morgan fingerprint density at radius 2 is 2.29 bits per heavy atom. The molecule has 17 heavy (non-hydrogen) atoms. The van der Waals surface area contributed by atoms with E-state index in [0.717, 1.165) is 45.6 Å². The summed E-state index contributed by atoms with van der Waals surface area (Å²) < 4.78 is 7.85. The van der Waals surface area contributed by atoms with Gasteiger partial charge in [0, 0.05) is 44.0 Å². The Morgan fingerprint density at radius 1 is 1.35 bits per heavy atom. The highest BCUT2D eigenvalue weighted by Crippen LogP contribution is 2.27. The molecule has 0 amide bonds. The Labute approximate surface area is 102 Å². The molecular weight excluding hydrogens is 214 g/mol. The Kier molecular flexibility index (Phi) is 3.16. The van der Waals surface area contributed by atoms with Gasteiger partial charge in [-0.1, -0.05) is 0 Å². The molecule has 94 valence electrons. The van der Waals surface area contributed by atoms with Crippen LogP contribution in [0.3, 0.4) is 0 Å². The van der Waals surface area contributed by atoms with Crippen molar-refractivity contribution in [2.24, 2.45) is 0 Å². The summed E-state index contributed by atoms with van der Waals surface area (Å²) in [6.45, 7) is 6.01. The van der Waals surface area contributed by atoms with E-state index in [1.165, 1.54) is 23.4 Å². The van der Waals surface area contributed by atoms with Crippen LogP contribution in [0.25, 0.3) is 0 Å². The molecule has 0 spiro atoms. The number of aromatic nitrogens is 2. The van der Waals surface area contributed by atoms with Crippen LogP contribution in [0.15, 0.2) is 0 Å². The van der Waals surface area contributed by atoms with E-state index in [1.54, 1.807) is 0 Å². The van der Waals surface area contributed by atoms with E-state index in [-0.39, 0.29) is 0 Å². The van der Waals surface area contributed by atoms with Gasteiger partial charge >= 0.3 is 0 Å². The molecule has 3 rings (SSSR count). The molecule has 0 radical (unpaired) electrons. The molecule has 0 aromatic carbocycles. The molecular formula is C13H21N3O. The van der Waals surface area contributed by atoms with Gasteiger partial charge in [0.25, 0.3) is 0 Å². The van der Waals surface area contributed by atoms with Crippen LogP contribution < -0.4 is 5.32 Å². The summed E-state index contributed by atoms with van der Waals surface area (Å²) in [5.74, 6) is 0. The number of ether oxygens (including phenoxy) is 1. The summed E-state index contributed by atoms with van der Waals surface area (Å²) in [7, 11) is 0. The minimum Gasteiger partial charge on any atom is -0.381 e. The standard InChI is InChI=1S/C13H21N3O/c1-10-12-9-14-6-4-13(12)16(15-10)11-3-2-7-17-8-5-11/h11,14H,2-9H2,1H3. The maximum Gasteiger partial charge on any atom is 0.0641 e. The third-order valence-corrected chi connectivity index (χ3v) is 3.93. The Hall–Kier alpha value is -0.870. The first-order valence-corrected chi connectivity index (χ1v) is 6.71. The van der Waals surface area contributed by atoms with E-state index >= 15 is 0 Å². The average molecular weight is 235 g/mol. The fourth-order valence-corrected chi connectivity index (χ4v) is 2.98. The second-order valence-corrected chi connectivity index (χ2v) is 5.08. The van der Waals surface area contributed by atoms with Gasteiger partial charge < -0.3 is 10.1 Å². The number of hydrogen-bond donors (Lipinski definition) is 1. The third-order valence-electron chi connectivity index (χ3n) is 3.93. The summed E-state index contributed by atoms with van der Waals surface area (Å²) in [5.41, 5.74) is 4.10. The summed E-state index contributed by atoms with van der Waals surface area (Å²) in [6, 6.07) is 0.554. The van der Waals surface area contributed by atoms with E-state index in [4.69, 9.17) is 9.84 Å². The summed E-state index contributed by atoms with van der Waals surface area (Å²) in [5, 5.41) is 8.21. The predicted octanol–water partition coefficient (Wildman–Crippen LogP) is 1.58. The van der Waals surface area contributed by atoms with Gasteiger partial charge in [-0.15, -0.1) is 0 Å². The van der Waals surface area contributed by atoms with Crippen molar-refractivity contribution in [3.8, 4) is 0 Å². The van der Waals surface area contributed by atoms with Crippen LogP contribution in [-0.4, -0.2) is 29.5 Å². The Balaban J connectivity index is 1.91. The lowest BCUT2D eigenvalue weighted by Gasteiger charge is -2.20. The topological polar surface area (TPSA) is 39.1 Å². The maximum absolute atomic E-state index is 5.54. The maximum atomic E-state index is 5.54. The normalized spacial score (nSPS) is 25.4. The fourth-order valence-electron chi connectivity index (χ4n) is 2.98. The van der Waals surface area contributed by atoms with Gasteiger partial charge in [0.2, 0.25) is 0 Å². The summed E-state index contributed by atoms with van der Waals surface area (Å²) in [4.78, 5) is 0. The van der Waals surface area contributed by atoms with Crippen molar-refractivity contribution in [1.82, 2.24) is 15.1 Å². The van der Waals surface area contributed by atoms with Crippen LogP contribution in [-0.2, 0) is 17.7 Å². The van der Waals surface area contributed by atoms with E-state index in [1.807, 2.05) is 0 Å². The number of rotatable bonds is 1. The lowest BCUT2D eigenvalue weighted by Crippen LogP contribution is -2.26. The minimum atomic E-state index is 0.554. The van der Waals surface area contributed by atoms with E-state index in [0.29, 0.717) is 6.04 Å². The first kappa shape index (κ1) is 11.2. The predicted molar refractivity (Wildman–Crippen MR) is 66.1 cm³/mol. The van der Waals surface area contributed by atoms with Gasteiger partial charge in [-0.3, -0.25) is 4.68 Å². The van der Waals surface area contributed by atoms with Crippen molar-refractivity contribution in [3.63, 3.8) is 0 Å². The number of nitrogens with one attached hydrogen (secondary N) is 1. The summed E-state index contributed by atoms with van der Waals surface area (Å²) in [6.07, 6.45) is 4.60. The molecule has 4 nitrogen and oxygen atoms in total. The van der Waals surface area contributed by atoms with Crippen molar-refractivity contribution < 1.29 is 4.74 Å². The highest BCUT2D eigenvalue weighted by atomic mass is 16.5. The zero-order valence-corrected chi connectivity index (χ0v) is 10.5. The van der Waals surface area contributed by atoms with Gasteiger partial charge in [-0.2, -0.15) is 5.10 Å². The van der Waals surface area contributed by atoms with Crippen LogP contribution in [0.1, 0.15) is 42.3 Å². The molecule has 3 heterocycles. The van der Waals surface area contributed by atoms with Gasteiger partial charge in [-0.25, -0.2) is 0 Å². The molecule has 1 fully saturated rings. The van der Waals surface area contributed by atoms with E-state index in [2.05, 4.69) is 16.9 Å². The molecule has 0 bridgehead atoms. The quantitative estimate of drug-likeness (QED) is 0.803. The molecule has 1 atom stereocenters. The van der Waals surface area contributed by atoms with Crippen LogP contribution in [0.5, 0.6) is 0 Å². The third kappa shape index (κ3) is 2.11. The van der Waals surface area contributed by atoms with Crippen LogP contribution in [0.4, 0.5) is 0 Å². The molecule has 1 unspecified atom stereocenters. The molecule has 4 heteroatoms. The molecule has 0 saturated carbocycles.